The van der Waals surface area contributed by atoms with Crippen LogP contribution in [0.25, 0.3) is 0 Å². The molecule has 1 saturated carbocycles. The van der Waals surface area contributed by atoms with Gasteiger partial charge < -0.3 is 30.9 Å². The number of aliphatic hydroxyl groups excluding tert-OH is 1. The first-order chi connectivity index (χ1) is 18.7. The van der Waals surface area contributed by atoms with Crippen LogP contribution in [0.2, 0.25) is 0 Å². The van der Waals surface area contributed by atoms with Gasteiger partial charge in [-0.15, -0.1) is 0 Å². The number of alkyl halides is 2. The maximum Gasteiger partial charge on any atom is 0.319 e. The number of hydrogen-bond donors (Lipinski definition) is 4. The number of aryl methyl sites for hydroxylation is 1. The molecule has 1 aromatic carbocycles. The number of hydrogen-bond acceptors (Lipinski definition) is 7. The van der Waals surface area contributed by atoms with E-state index in [0.29, 0.717) is 39.8 Å². The molecular formula is C27H35F2N7O3. The molecule has 10 nitrogen and oxygen atoms in total. The topological polar surface area (TPSA) is 123 Å². The number of nitrogens with one attached hydrogen (secondary N) is 3. The summed E-state index contributed by atoms with van der Waals surface area (Å²) in [6, 6.07) is 6.34. The number of anilines is 4. The van der Waals surface area contributed by atoms with Crippen LogP contribution in [0.15, 0.2) is 24.3 Å². The second-order valence-corrected chi connectivity index (χ2v) is 10.8. The molecule has 1 aromatic heterocycles. The van der Waals surface area contributed by atoms with Gasteiger partial charge in [-0.25, -0.2) is 18.6 Å². The van der Waals surface area contributed by atoms with Gasteiger partial charge in [-0.1, -0.05) is 0 Å². The van der Waals surface area contributed by atoms with Gasteiger partial charge in [-0.05, 0) is 56.2 Å². The number of nitrogens with zero attached hydrogens (tertiary/aromatic N) is 4. The smallest absolute Gasteiger partial charge is 0.319 e. The molecular weight excluding hydrogens is 508 g/mol. The van der Waals surface area contributed by atoms with Crippen LogP contribution in [-0.2, 0) is 0 Å². The predicted octanol–water partition coefficient (Wildman–Crippen LogP) is 3.77. The standard InChI is InChI=1S/C27H35F2N7O3/c1-18-16-22(34-24(31-18)36-13-8-27(28,29)9-14-36)33-23(38)20-3-2-19(32-25(39)30-10-15-37)17-21(20)35-11-6-26(4-5-26)7-12-35/h2-3,16-17,37H,4-15H2,1H3,(H2,30,32,39)(H,31,33,34,38). The van der Waals surface area contributed by atoms with Crippen molar-refractivity contribution in [2.45, 2.75) is 51.4 Å². The molecule has 0 bridgehead atoms. The number of carbonyl (C=O) groups excluding carboxylic acids is 2. The van der Waals surface area contributed by atoms with Crippen LogP contribution in [0.1, 0.15) is 54.6 Å². The van der Waals surface area contributed by atoms with Gasteiger partial charge in [0.15, 0.2) is 0 Å². The summed E-state index contributed by atoms with van der Waals surface area (Å²) in [5, 5.41) is 17.1. The summed E-state index contributed by atoms with van der Waals surface area (Å²) in [6.45, 7) is 3.66. The number of rotatable bonds is 7. The largest absolute Gasteiger partial charge is 0.395 e. The Bertz CT molecular complexity index is 1220. The molecule has 2 saturated heterocycles. The molecule has 5 rings (SSSR count). The highest BCUT2D eigenvalue weighted by atomic mass is 19.3. The third kappa shape index (κ3) is 6.55. The van der Waals surface area contributed by atoms with Gasteiger partial charge in [0.05, 0.1) is 17.9 Å². The summed E-state index contributed by atoms with van der Waals surface area (Å²) < 4.78 is 27.3. The molecule has 3 fully saturated rings. The first-order valence-corrected chi connectivity index (χ1v) is 13.5. The molecule has 1 aliphatic carbocycles. The third-order valence-corrected chi connectivity index (χ3v) is 7.88. The molecule has 0 atom stereocenters. The summed E-state index contributed by atoms with van der Waals surface area (Å²) in [6.07, 6.45) is 4.11. The Labute approximate surface area is 226 Å². The average Bonchev–Trinajstić information content (AvgIpc) is 3.66. The Morgan fingerprint density at radius 1 is 0.949 bits per heavy atom. The number of benzene rings is 1. The quantitative estimate of drug-likeness (QED) is 0.419. The Morgan fingerprint density at radius 2 is 1.64 bits per heavy atom. The highest BCUT2D eigenvalue weighted by Gasteiger charge is 2.44. The Morgan fingerprint density at radius 3 is 2.31 bits per heavy atom. The van der Waals surface area contributed by atoms with Crippen LogP contribution in [0, 0.1) is 12.3 Å². The Kier molecular flexibility index (Phi) is 7.57. The van der Waals surface area contributed by atoms with E-state index < -0.39 is 12.0 Å². The highest BCUT2D eigenvalue weighted by Crippen LogP contribution is 2.54. The van der Waals surface area contributed by atoms with Crippen molar-refractivity contribution >= 4 is 35.1 Å². The zero-order valence-electron chi connectivity index (χ0n) is 22.1. The third-order valence-electron chi connectivity index (χ3n) is 7.88. The molecule has 4 N–H and O–H groups in total. The van der Waals surface area contributed by atoms with E-state index in [0.717, 1.165) is 25.9 Å². The van der Waals surface area contributed by atoms with Crippen LogP contribution in [0.4, 0.5) is 36.7 Å². The van der Waals surface area contributed by atoms with E-state index in [-0.39, 0.29) is 45.0 Å². The molecule has 0 unspecified atom stereocenters. The summed E-state index contributed by atoms with van der Waals surface area (Å²) in [4.78, 5) is 38.5. The number of carbonyl (C=O) groups is 2. The molecule has 2 aliphatic heterocycles. The number of amides is 3. The summed E-state index contributed by atoms with van der Waals surface area (Å²) in [7, 11) is 0. The molecule has 0 radical (unpaired) electrons. The number of aliphatic hydroxyl groups is 1. The summed E-state index contributed by atoms with van der Waals surface area (Å²) >= 11 is 0. The zero-order chi connectivity index (χ0) is 27.6. The minimum absolute atomic E-state index is 0.133. The minimum Gasteiger partial charge on any atom is -0.395 e. The van der Waals surface area contributed by atoms with Crippen molar-refractivity contribution < 1.29 is 23.5 Å². The van der Waals surface area contributed by atoms with Gasteiger partial charge in [-0.2, -0.15) is 4.98 Å². The molecule has 210 valence electrons. The van der Waals surface area contributed by atoms with Crippen LogP contribution in [-0.4, -0.2) is 72.3 Å². The number of urea groups is 1. The van der Waals surface area contributed by atoms with Crippen LogP contribution >= 0.6 is 0 Å². The normalized spacial score (nSPS) is 19.5. The Hall–Kier alpha value is -3.54. The first-order valence-electron chi connectivity index (χ1n) is 13.5. The van der Waals surface area contributed by atoms with Crippen molar-refractivity contribution in [3.05, 3.63) is 35.5 Å². The van der Waals surface area contributed by atoms with E-state index >= 15 is 0 Å². The molecule has 2 aromatic rings. The fourth-order valence-corrected chi connectivity index (χ4v) is 5.28. The lowest BCUT2D eigenvalue weighted by molar-refractivity contribution is -0.0222. The number of piperidine rings is 2. The zero-order valence-corrected chi connectivity index (χ0v) is 22.1. The lowest BCUT2D eigenvalue weighted by Gasteiger charge is -2.35. The van der Waals surface area contributed by atoms with Gasteiger partial charge in [-0.3, -0.25) is 4.79 Å². The van der Waals surface area contributed by atoms with E-state index in [1.54, 1.807) is 36.1 Å². The van der Waals surface area contributed by atoms with Crippen molar-refractivity contribution in [2.75, 3.05) is 59.8 Å². The molecule has 3 aliphatic rings. The fraction of sp³-hybridized carbons (Fsp3) is 0.556. The SMILES string of the molecule is Cc1cc(NC(=O)c2ccc(NC(=O)NCCO)cc2N2CCC3(CC2)CC3)nc(N2CCC(F)(F)CC2)n1. The van der Waals surface area contributed by atoms with E-state index in [1.165, 1.54) is 12.8 Å². The first kappa shape index (κ1) is 27.0. The van der Waals surface area contributed by atoms with Crippen molar-refractivity contribution in [1.82, 2.24) is 15.3 Å². The maximum absolute atomic E-state index is 13.6. The lowest BCUT2D eigenvalue weighted by Crippen LogP contribution is -2.40. The van der Waals surface area contributed by atoms with Crippen LogP contribution < -0.4 is 25.8 Å². The summed E-state index contributed by atoms with van der Waals surface area (Å²) in [5.41, 5.74) is 2.76. The second kappa shape index (κ2) is 10.9. The predicted molar refractivity (Wildman–Crippen MR) is 145 cm³/mol. The van der Waals surface area contributed by atoms with E-state index in [4.69, 9.17) is 5.11 Å². The molecule has 3 heterocycles. The summed E-state index contributed by atoms with van der Waals surface area (Å²) in [5.74, 6) is -2.42. The number of halogens is 2. The highest BCUT2D eigenvalue weighted by molar-refractivity contribution is 6.08. The van der Waals surface area contributed by atoms with Crippen molar-refractivity contribution in [3.63, 3.8) is 0 Å². The monoisotopic (exact) mass is 543 g/mol. The van der Waals surface area contributed by atoms with Crippen molar-refractivity contribution in [3.8, 4) is 0 Å². The van der Waals surface area contributed by atoms with Gasteiger partial charge in [0.2, 0.25) is 5.95 Å². The van der Waals surface area contributed by atoms with Crippen molar-refractivity contribution in [1.29, 1.82) is 0 Å². The van der Waals surface area contributed by atoms with E-state index in [9.17, 15) is 18.4 Å². The van der Waals surface area contributed by atoms with Gasteiger partial charge >= 0.3 is 6.03 Å². The minimum atomic E-state index is -2.68. The lowest BCUT2D eigenvalue weighted by atomic mass is 9.93. The second-order valence-electron chi connectivity index (χ2n) is 10.8. The van der Waals surface area contributed by atoms with E-state index in [2.05, 4.69) is 30.8 Å². The van der Waals surface area contributed by atoms with Gasteiger partial charge in [0.25, 0.3) is 11.8 Å². The van der Waals surface area contributed by atoms with Gasteiger partial charge in [0, 0.05) is 63.0 Å². The fourth-order valence-electron chi connectivity index (χ4n) is 5.28. The molecule has 3 amide bonds. The molecule has 1 spiro atoms. The van der Waals surface area contributed by atoms with Crippen molar-refractivity contribution in [2.24, 2.45) is 5.41 Å². The van der Waals surface area contributed by atoms with Crippen LogP contribution in [0.3, 0.4) is 0 Å². The molecule has 12 heteroatoms. The van der Waals surface area contributed by atoms with E-state index in [1.807, 2.05) is 0 Å². The number of aromatic nitrogens is 2. The average molecular weight is 544 g/mol. The van der Waals surface area contributed by atoms with Crippen LogP contribution in [0.5, 0.6) is 0 Å². The van der Waals surface area contributed by atoms with Gasteiger partial charge in [0.1, 0.15) is 5.82 Å². The maximum atomic E-state index is 13.6. The molecule has 39 heavy (non-hydrogen) atoms. The Balaban J connectivity index is 1.36.